The fourth-order valence-corrected chi connectivity index (χ4v) is 3.45. The van der Waals surface area contributed by atoms with Crippen molar-refractivity contribution in [1.82, 2.24) is 9.80 Å². The van der Waals surface area contributed by atoms with Crippen molar-refractivity contribution in [3.05, 3.63) is 0 Å². The summed E-state index contributed by atoms with van der Waals surface area (Å²) in [5, 5.41) is 0. The average Bonchev–Trinajstić information content (AvgIpc) is 2.72. The second kappa shape index (κ2) is 5.11. The molecule has 0 radical (unpaired) electrons. The summed E-state index contributed by atoms with van der Waals surface area (Å²) in [6.45, 7) is 7.81. The lowest BCUT2D eigenvalue weighted by Crippen LogP contribution is -2.68. The van der Waals surface area contributed by atoms with Crippen molar-refractivity contribution in [2.45, 2.75) is 51.7 Å². The molecule has 1 heterocycles. The van der Waals surface area contributed by atoms with Crippen molar-refractivity contribution >= 4 is 11.8 Å². The number of ether oxygens (including phenoxy) is 1. The number of hydrogen-bond acceptors (Lipinski definition) is 4. The number of amides is 2. The van der Waals surface area contributed by atoms with Crippen LogP contribution in [0.25, 0.3) is 0 Å². The number of carbonyl (C=O) groups is 2. The van der Waals surface area contributed by atoms with Crippen molar-refractivity contribution in [2.75, 3.05) is 27.2 Å². The third kappa shape index (κ3) is 2.27. The molecule has 1 saturated carbocycles. The summed E-state index contributed by atoms with van der Waals surface area (Å²) in [6.07, 6.45) is 1.73. The molecule has 5 nitrogen and oxygen atoms in total. The quantitative estimate of drug-likeness (QED) is 0.713. The molecule has 2 fully saturated rings. The van der Waals surface area contributed by atoms with E-state index < -0.39 is 0 Å². The largest absolute Gasteiger partial charge is 0.378 e. The molecule has 0 aromatic carbocycles. The number of likely N-dealkylation sites (tertiary alicyclic amines) is 1. The number of likely N-dealkylation sites (N-methyl/N-ethyl adjacent to an activating group) is 1. The topological polar surface area (TPSA) is 49.9 Å². The first-order valence-electron chi connectivity index (χ1n) is 7.31. The van der Waals surface area contributed by atoms with Gasteiger partial charge in [-0.2, -0.15) is 0 Å². The molecule has 2 amide bonds. The third-order valence-electron chi connectivity index (χ3n) is 5.59. The van der Waals surface area contributed by atoms with Gasteiger partial charge in [-0.3, -0.25) is 14.5 Å². The Hall–Kier alpha value is -0.940. The van der Waals surface area contributed by atoms with Crippen molar-refractivity contribution < 1.29 is 14.3 Å². The molecule has 0 spiro atoms. The maximum absolute atomic E-state index is 11.6. The minimum absolute atomic E-state index is 0.0296. The summed E-state index contributed by atoms with van der Waals surface area (Å²) >= 11 is 0. The molecular formula is C15H26N2O3. The van der Waals surface area contributed by atoms with Gasteiger partial charge in [0.25, 0.3) is 0 Å². The van der Waals surface area contributed by atoms with E-state index in [-0.39, 0.29) is 22.8 Å². The van der Waals surface area contributed by atoms with Crippen molar-refractivity contribution in [2.24, 2.45) is 5.41 Å². The van der Waals surface area contributed by atoms with Crippen molar-refractivity contribution in [3.8, 4) is 0 Å². The van der Waals surface area contributed by atoms with E-state index in [2.05, 4.69) is 32.7 Å². The minimum atomic E-state index is -0.0921. The molecule has 20 heavy (non-hydrogen) atoms. The van der Waals surface area contributed by atoms with Crippen LogP contribution in [0.3, 0.4) is 0 Å². The van der Waals surface area contributed by atoms with Crippen LogP contribution in [-0.2, 0) is 14.3 Å². The van der Waals surface area contributed by atoms with Gasteiger partial charge < -0.3 is 9.64 Å². The highest BCUT2D eigenvalue weighted by molar-refractivity contribution is 6.01. The third-order valence-corrected chi connectivity index (χ3v) is 5.59. The Bertz CT molecular complexity index is 405. The molecule has 0 N–H and O–H groups in total. The van der Waals surface area contributed by atoms with E-state index >= 15 is 0 Å². The van der Waals surface area contributed by atoms with Gasteiger partial charge in [0, 0.05) is 44.5 Å². The highest BCUT2D eigenvalue weighted by atomic mass is 16.5. The summed E-state index contributed by atoms with van der Waals surface area (Å²) in [5.74, 6) is -0.0593. The molecule has 5 heteroatoms. The molecular weight excluding hydrogens is 256 g/mol. The SMILES string of the molecule is COC1(C)CC(N(C)CCN2C(=O)CCC2=O)C1(C)C. The van der Waals surface area contributed by atoms with E-state index in [0.29, 0.717) is 25.4 Å². The van der Waals surface area contributed by atoms with Crippen LogP contribution >= 0.6 is 0 Å². The van der Waals surface area contributed by atoms with Crippen LogP contribution in [0.4, 0.5) is 0 Å². The zero-order valence-corrected chi connectivity index (χ0v) is 13.2. The molecule has 0 aromatic heterocycles. The van der Waals surface area contributed by atoms with Crippen LogP contribution in [0.1, 0.15) is 40.0 Å². The fourth-order valence-electron chi connectivity index (χ4n) is 3.45. The first kappa shape index (κ1) is 15.4. The maximum atomic E-state index is 11.6. The van der Waals surface area contributed by atoms with Crippen LogP contribution in [-0.4, -0.2) is 60.5 Å². The summed E-state index contributed by atoms with van der Waals surface area (Å²) in [4.78, 5) is 26.8. The first-order chi connectivity index (χ1) is 9.23. The molecule has 2 unspecified atom stereocenters. The Morgan fingerprint density at radius 2 is 1.80 bits per heavy atom. The summed E-state index contributed by atoms with van der Waals surface area (Å²) in [7, 11) is 3.83. The van der Waals surface area contributed by atoms with Gasteiger partial charge in [0.05, 0.1) is 5.60 Å². The van der Waals surface area contributed by atoms with E-state index in [9.17, 15) is 9.59 Å². The number of imide groups is 1. The molecule has 1 aliphatic carbocycles. The second-order valence-corrected chi connectivity index (χ2v) is 6.80. The van der Waals surface area contributed by atoms with Crippen LogP contribution in [0.5, 0.6) is 0 Å². The monoisotopic (exact) mass is 282 g/mol. The standard InChI is InChI=1S/C15H26N2O3/c1-14(2)11(10-15(14,3)20-5)16(4)8-9-17-12(18)6-7-13(17)19/h11H,6-10H2,1-5H3. The predicted molar refractivity (Wildman–Crippen MR) is 76.2 cm³/mol. The Kier molecular flexibility index (Phi) is 3.95. The molecule has 0 bridgehead atoms. The smallest absolute Gasteiger partial charge is 0.229 e. The maximum Gasteiger partial charge on any atom is 0.229 e. The van der Waals surface area contributed by atoms with E-state index in [1.807, 2.05) is 0 Å². The van der Waals surface area contributed by atoms with Gasteiger partial charge in [-0.05, 0) is 20.4 Å². The number of rotatable bonds is 5. The van der Waals surface area contributed by atoms with E-state index in [1.165, 1.54) is 4.90 Å². The Balaban J connectivity index is 1.89. The second-order valence-electron chi connectivity index (χ2n) is 6.80. The van der Waals surface area contributed by atoms with E-state index in [4.69, 9.17) is 4.74 Å². The predicted octanol–water partition coefficient (Wildman–Crippen LogP) is 1.27. The highest BCUT2D eigenvalue weighted by Gasteiger charge is 2.58. The molecule has 1 saturated heterocycles. The van der Waals surface area contributed by atoms with Crippen molar-refractivity contribution in [1.29, 1.82) is 0 Å². The van der Waals surface area contributed by atoms with Crippen LogP contribution < -0.4 is 0 Å². The zero-order chi connectivity index (χ0) is 15.1. The van der Waals surface area contributed by atoms with E-state index in [1.54, 1.807) is 7.11 Å². The number of methoxy groups -OCH3 is 1. The van der Waals surface area contributed by atoms with Crippen LogP contribution in [0, 0.1) is 5.41 Å². The Labute approximate surface area is 121 Å². The zero-order valence-electron chi connectivity index (χ0n) is 13.2. The summed E-state index contributed by atoms with van der Waals surface area (Å²) in [6, 6.07) is 0.417. The van der Waals surface area contributed by atoms with Crippen molar-refractivity contribution in [3.63, 3.8) is 0 Å². The fraction of sp³-hybridized carbons (Fsp3) is 0.867. The number of carbonyl (C=O) groups excluding carboxylic acids is 2. The highest BCUT2D eigenvalue weighted by Crippen LogP contribution is 2.53. The molecule has 1 aliphatic heterocycles. The first-order valence-corrected chi connectivity index (χ1v) is 7.31. The van der Waals surface area contributed by atoms with Gasteiger partial charge in [0.2, 0.25) is 11.8 Å². The number of nitrogens with zero attached hydrogens (tertiary/aromatic N) is 2. The van der Waals surface area contributed by atoms with Crippen LogP contribution in [0.15, 0.2) is 0 Å². The van der Waals surface area contributed by atoms with Gasteiger partial charge in [0.1, 0.15) is 0 Å². The lowest BCUT2D eigenvalue weighted by Gasteiger charge is -2.61. The summed E-state index contributed by atoms with van der Waals surface area (Å²) in [5.41, 5.74) is -0.0270. The molecule has 2 rings (SSSR count). The summed E-state index contributed by atoms with van der Waals surface area (Å²) < 4.78 is 5.64. The van der Waals surface area contributed by atoms with E-state index in [0.717, 1.165) is 13.0 Å². The van der Waals surface area contributed by atoms with Gasteiger partial charge in [-0.15, -0.1) is 0 Å². The lowest BCUT2D eigenvalue weighted by molar-refractivity contribution is -0.206. The van der Waals surface area contributed by atoms with Gasteiger partial charge >= 0.3 is 0 Å². The molecule has 0 aromatic rings. The Morgan fingerprint density at radius 3 is 2.25 bits per heavy atom. The minimum Gasteiger partial charge on any atom is -0.378 e. The number of hydrogen-bond donors (Lipinski definition) is 0. The Morgan fingerprint density at radius 1 is 1.25 bits per heavy atom. The molecule has 2 aliphatic rings. The normalized spacial score (nSPS) is 32.9. The van der Waals surface area contributed by atoms with Gasteiger partial charge in [0.15, 0.2) is 0 Å². The van der Waals surface area contributed by atoms with Crippen LogP contribution in [0.2, 0.25) is 0 Å². The van der Waals surface area contributed by atoms with Gasteiger partial charge in [-0.25, -0.2) is 0 Å². The average molecular weight is 282 g/mol. The lowest BCUT2D eigenvalue weighted by atomic mass is 9.55. The van der Waals surface area contributed by atoms with Gasteiger partial charge in [-0.1, -0.05) is 13.8 Å². The molecule has 2 atom stereocenters. The molecule has 114 valence electrons.